The summed E-state index contributed by atoms with van der Waals surface area (Å²) in [5.74, 6) is 0.762. The average Bonchev–Trinajstić information content (AvgIpc) is 2.38. The fraction of sp³-hybridized carbons (Fsp3) is 0.200. The Kier molecular flexibility index (Phi) is 3.78. The molecule has 0 aliphatic carbocycles. The van der Waals surface area contributed by atoms with E-state index in [0.29, 0.717) is 5.02 Å². The molecule has 2 nitrogen and oxygen atoms in total. The van der Waals surface area contributed by atoms with Crippen LogP contribution in [0.3, 0.4) is 0 Å². The normalized spacial score (nSPS) is 14.7. The summed E-state index contributed by atoms with van der Waals surface area (Å²) in [5, 5.41) is 0.683. The number of benzene rings is 1. The van der Waals surface area contributed by atoms with Gasteiger partial charge in [-0.15, -0.1) is 0 Å². The van der Waals surface area contributed by atoms with Crippen LogP contribution in [0.25, 0.3) is 5.70 Å². The highest BCUT2D eigenvalue weighted by molar-refractivity contribution is 6.32. The van der Waals surface area contributed by atoms with Crippen molar-refractivity contribution in [2.24, 2.45) is 0 Å². The van der Waals surface area contributed by atoms with Crippen LogP contribution in [0.1, 0.15) is 12.5 Å². The topological polar surface area (TPSA) is 12.5 Å². The van der Waals surface area contributed by atoms with Gasteiger partial charge in [-0.05, 0) is 37.3 Å². The van der Waals surface area contributed by atoms with Crippen LogP contribution in [0.5, 0.6) is 5.75 Å². The molecule has 1 heterocycles. The quantitative estimate of drug-likeness (QED) is 0.812. The van der Waals surface area contributed by atoms with Gasteiger partial charge in [-0.3, -0.25) is 0 Å². The van der Waals surface area contributed by atoms with E-state index in [1.807, 2.05) is 36.4 Å². The molecule has 0 unspecified atom stereocenters. The lowest BCUT2D eigenvalue weighted by molar-refractivity contribution is 0.414. The Bertz CT molecular complexity index is 531. The van der Waals surface area contributed by atoms with Crippen molar-refractivity contribution in [3.63, 3.8) is 0 Å². The van der Waals surface area contributed by atoms with Crippen LogP contribution in [0.4, 0.5) is 0 Å². The average molecular weight is 262 g/mol. The van der Waals surface area contributed by atoms with E-state index in [1.54, 1.807) is 7.11 Å². The first kappa shape index (κ1) is 12.8. The van der Waals surface area contributed by atoms with Gasteiger partial charge >= 0.3 is 0 Å². The largest absolute Gasteiger partial charge is 0.497 e. The maximum Gasteiger partial charge on any atom is 0.120 e. The lowest BCUT2D eigenvalue weighted by Crippen LogP contribution is -2.21. The molecular formula is C15H16ClNO. The standard InChI is InChI=1S/C15H16ClNO/c1-4-17-11(2)6-5-7-15(17)13-9-8-12(18-3)10-14(13)16/h5-10H,2,4H2,1,3H3. The second-order valence-corrected chi connectivity index (χ2v) is 4.40. The van der Waals surface area contributed by atoms with Gasteiger partial charge in [-0.2, -0.15) is 0 Å². The molecule has 0 N–H and O–H groups in total. The Morgan fingerprint density at radius 2 is 2.17 bits per heavy atom. The first-order chi connectivity index (χ1) is 8.67. The fourth-order valence-corrected chi connectivity index (χ4v) is 2.29. The molecule has 1 aromatic carbocycles. The third-order valence-electron chi connectivity index (χ3n) is 2.95. The van der Waals surface area contributed by atoms with Crippen LogP contribution in [0.15, 0.2) is 48.7 Å². The van der Waals surface area contributed by atoms with E-state index < -0.39 is 0 Å². The van der Waals surface area contributed by atoms with Crippen molar-refractivity contribution in [3.05, 3.63) is 59.3 Å². The number of nitrogens with zero attached hydrogens (tertiary/aromatic N) is 1. The van der Waals surface area contributed by atoms with Gasteiger partial charge in [0.1, 0.15) is 5.75 Å². The Labute approximate surface area is 113 Å². The molecule has 1 aliphatic heterocycles. The summed E-state index contributed by atoms with van der Waals surface area (Å²) in [6.45, 7) is 6.99. The number of allylic oxidation sites excluding steroid dienone is 3. The van der Waals surface area contributed by atoms with Crippen LogP contribution >= 0.6 is 11.6 Å². The van der Waals surface area contributed by atoms with Gasteiger partial charge in [0.15, 0.2) is 0 Å². The molecule has 1 aliphatic rings. The summed E-state index contributed by atoms with van der Waals surface area (Å²) in [6, 6.07) is 5.71. The number of hydrogen-bond acceptors (Lipinski definition) is 2. The third kappa shape index (κ3) is 2.29. The number of halogens is 1. The lowest BCUT2D eigenvalue weighted by atomic mass is 10.1. The van der Waals surface area contributed by atoms with Crippen molar-refractivity contribution in [2.75, 3.05) is 13.7 Å². The van der Waals surface area contributed by atoms with Gasteiger partial charge in [0.2, 0.25) is 0 Å². The Morgan fingerprint density at radius 3 is 2.78 bits per heavy atom. The summed E-state index contributed by atoms with van der Waals surface area (Å²) in [7, 11) is 1.63. The highest BCUT2D eigenvalue weighted by atomic mass is 35.5. The van der Waals surface area contributed by atoms with Gasteiger partial charge in [0.25, 0.3) is 0 Å². The van der Waals surface area contributed by atoms with E-state index in [-0.39, 0.29) is 0 Å². The molecule has 0 atom stereocenters. The zero-order valence-electron chi connectivity index (χ0n) is 10.6. The minimum atomic E-state index is 0.683. The second-order valence-electron chi connectivity index (χ2n) is 3.99. The maximum absolute atomic E-state index is 6.31. The zero-order chi connectivity index (χ0) is 13.1. The zero-order valence-corrected chi connectivity index (χ0v) is 11.4. The van der Waals surface area contributed by atoms with Crippen LogP contribution < -0.4 is 4.74 Å². The highest BCUT2D eigenvalue weighted by Gasteiger charge is 2.16. The molecule has 2 rings (SSSR count). The predicted molar refractivity (Wildman–Crippen MR) is 76.6 cm³/mol. The Hall–Kier alpha value is -1.67. The molecule has 0 spiro atoms. The maximum atomic E-state index is 6.31. The van der Waals surface area contributed by atoms with Crippen molar-refractivity contribution in [1.29, 1.82) is 0 Å². The highest BCUT2D eigenvalue weighted by Crippen LogP contribution is 2.33. The third-order valence-corrected chi connectivity index (χ3v) is 3.26. The summed E-state index contributed by atoms with van der Waals surface area (Å²) in [4.78, 5) is 2.13. The number of ether oxygens (including phenoxy) is 1. The van der Waals surface area contributed by atoms with Crippen molar-refractivity contribution in [1.82, 2.24) is 4.90 Å². The van der Waals surface area contributed by atoms with E-state index in [4.69, 9.17) is 16.3 Å². The van der Waals surface area contributed by atoms with Gasteiger partial charge < -0.3 is 9.64 Å². The molecule has 0 amide bonds. The van der Waals surface area contributed by atoms with E-state index in [1.165, 1.54) is 0 Å². The molecular weight excluding hydrogens is 246 g/mol. The van der Waals surface area contributed by atoms with Crippen LogP contribution in [0, 0.1) is 0 Å². The molecule has 3 heteroatoms. The van der Waals surface area contributed by atoms with E-state index in [0.717, 1.165) is 29.3 Å². The van der Waals surface area contributed by atoms with Crippen LogP contribution in [0.2, 0.25) is 5.02 Å². The molecule has 0 aromatic heterocycles. The number of hydrogen-bond donors (Lipinski definition) is 0. The van der Waals surface area contributed by atoms with Gasteiger partial charge in [-0.1, -0.05) is 24.3 Å². The van der Waals surface area contributed by atoms with E-state index in [9.17, 15) is 0 Å². The molecule has 0 fully saturated rings. The number of methoxy groups -OCH3 is 1. The molecule has 18 heavy (non-hydrogen) atoms. The smallest absolute Gasteiger partial charge is 0.120 e. The minimum Gasteiger partial charge on any atom is -0.497 e. The Morgan fingerprint density at radius 1 is 1.39 bits per heavy atom. The predicted octanol–water partition coefficient (Wildman–Crippen LogP) is 4.09. The van der Waals surface area contributed by atoms with Gasteiger partial charge in [-0.25, -0.2) is 0 Å². The first-order valence-electron chi connectivity index (χ1n) is 5.86. The SMILES string of the molecule is C=C1C=CC=C(c2ccc(OC)cc2Cl)N1CC. The van der Waals surface area contributed by atoms with Crippen molar-refractivity contribution in [3.8, 4) is 5.75 Å². The number of likely N-dealkylation sites (N-methyl/N-ethyl adjacent to an activating group) is 1. The molecule has 0 saturated carbocycles. The molecule has 0 radical (unpaired) electrons. The van der Waals surface area contributed by atoms with Crippen molar-refractivity contribution in [2.45, 2.75) is 6.92 Å². The summed E-state index contributed by atoms with van der Waals surface area (Å²) >= 11 is 6.31. The van der Waals surface area contributed by atoms with E-state index >= 15 is 0 Å². The fourth-order valence-electron chi connectivity index (χ4n) is 2.02. The minimum absolute atomic E-state index is 0.683. The van der Waals surface area contributed by atoms with Crippen LogP contribution in [-0.4, -0.2) is 18.6 Å². The van der Waals surface area contributed by atoms with Crippen molar-refractivity contribution >= 4 is 17.3 Å². The molecule has 0 saturated heterocycles. The second kappa shape index (κ2) is 5.32. The number of rotatable bonds is 3. The van der Waals surface area contributed by atoms with Crippen LogP contribution in [-0.2, 0) is 0 Å². The molecule has 94 valence electrons. The van der Waals surface area contributed by atoms with Gasteiger partial charge in [0.05, 0.1) is 12.1 Å². The van der Waals surface area contributed by atoms with E-state index in [2.05, 4.69) is 18.4 Å². The first-order valence-corrected chi connectivity index (χ1v) is 6.24. The van der Waals surface area contributed by atoms with Gasteiger partial charge in [0, 0.05) is 23.5 Å². The molecule has 0 bridgehead atoms. The Balaban J connectivity index is 2.44. The van der Waals surface area contributed by atoms with Crippen molar-refractivity contribution < 1.29 is 4.74 Å². The monoisotopic (exact) mass is 261 g/mol. The lowest BCUT2D eigenvalue weighted by Gasteiger charge is -2.29. The summed E-state index contributed by atoms with van der Waals surface area (Å²) in [5.41, 5.74) is 3.03. The summed E-state index contributed by atoms with van der Waals surface area (Å²) < 4.78 is 5.16. The summed E-state index contributed by atoms with van der Waals surface area (Å²) in [6.07, 6.45) is 6.03. The molecule has 1 aromatic rings.